The fourth-order valence-corrected chi connectivity index (χ4v) is 3.03. The van der Waals surface area contributed by atoms with Crippen molar-refractivity contribution in [2.45, 2.75) is 58.2 Å². The Morgan fingerprint density at radius 1 is 1.24 bits per heavy atom. The average molecular weight is 289 g/mol. The van der Waals surface area contributed by atoms with Crippen molar-refractivity contribution in [2.24, 2.45) is 0 Å². The molecule has 1 fully saturated rings. The lowest BCUT2D eigenvalue weighted by Gasteiger charge is -2.39. The fourth-order valence-electron chi connectivity index (χ4n) is 3.03. The number of benzene rings is 1. The largest absolute Gasteiger partial charge is 0.395 e. The van der Waals surface area contributed by atoms with Gasteiger partial charge in [0.15, 0.2) is 0 Å². The first-order valence-corrected chi connectivity index (χ1v) is 7.75. The highest BCUT2D eigenvalue weighted by molar-refractivity contribution is 5.37. The number of hydrogen-bond acceptors (Lipinski definition) is 2. The minimum absolute atomic E-state index is 0.0397. The molecule has 2 nitrogen and oxygen atoms in total. The predicted molar refractivity (Wildman–Crippen MR) is 83.3 cm³/mol. The van der Waals surface area contributed by atoms with Crippen LogP contribution in [-0.4, -0.2) is 28.7 Å². The molecule has 1 saturated heterocycles. The molecule has 0 amide bonds. The molecule has 1 aromatic carbocycles. The molecule has 1 N–H and O–H groups in total. The van der Waals surface area contributed by atoms with Crippen molar-refractivity contribution in [3.8, 4) is 11.8 Å². The number of nitrogens with zero attached hydrogens (tertiary/aromatic N) is 1. The summed E-state index contributed by atoms with van der Waals surface area (Å²) in [7, 11) is 0. The van der Waals surface area contributed by atoms with Gasteiger partial charge in [0.05, 0.1) is 6.61 Å². The quantitative estimate of drug-likeness (QED) is 0.863. The van der Waals surface area contributed by atoms with Crippen LogP contribution in [-0.2, 0) is 6.54 Å². The highest BCUT2D eigenvalue weighted by atomic mass is 19.1. The van der Waals surface area contributed by atoms with E-state index in [4.69, 9.17) is 5.11 Å². The van der Waals surface area contributed by atoms with Crippen LogP contribution in [0.3, 0.4) is 0 Å². The Hall–Kier alpha value is -1.37. The zero-order chi connectivity index (χ0) is 15.2. The Morgan fingerprint density at radius 2 is 1.95 bits per heavy atom. The molecular weight excluding hydrogens is 265 g/mol. The number of piperidine rings is 1. The van der Waals surface area contributed by atoms with Crippen molar-refractivity contribution in [1.82, 2.24) is 4.90 Å². The van der Waals surface area contributed by atoms with Crippen LogP contribution in [0.1, 0.15) is 50.7 Å². The maximum absolute atomic E-state index is 13.7. The summed E-state index contributed by atoms with van der Waals surface area (Å²) in [5.74, 6) is 5.53. The van der Waals surface area contributed by atoms with Gasteiger partial charge in [-0.2, -0.15) is 0 Å². The molecule has 1 heterocycles. The highest BCUT2D eigenvalue weighted by Gasteiger charge is 2.24. The second-order valence-electron chi connectivity index (χ2n) is 5.92. The lowest BCUT2D eigenvalue weighted by Crippen LogP contribution is -2.42. The van der Waals surface area contributed by atoms with E-state index in [0.717, 1.165) is 12.1 Å². The van der Waals surface area contributed by atoms with Gasteiger partial charge in [-0.3, -0.25) is 4.90 Å². The van der Waals surface area contributed by atoms with Gasteiger partial charge in [-0.05, 0) is 50.5 Å². The normalized spacial score (nSPS) is 22.7. The van der Waals surface area contributed by atoms with Crippen molar-refractivity contribution in [3.63, 3.8) is 0 Å². The van der Waals surface area contributed by atoms with Gasteiger partial charge in [0.1, 0.15) is 5.82 Å². The van der Waals surface area contributed by atoms with Gasteiger partial charge in [0, 0.05) is 30.6 Å². The second kappa shape index (κ2) is 7.59. The van der Waals surface area contributed by atoms with E-state index >= 15 is 0 Å². The number of aliphatic hydroxyl groups excluding tert-OH is 1. The van der Waals surface area contributed by atoms with Crippen LogP contribution >= 0.6 is 0 Å². The summed E-state index contributed by atoms with van der Waals surface area (Å²) in [6.45, 7) is 5.31. The molecule has 1 aliphatic heterocycles. The minimum Gasteiger partial charge on any atom is -0.395 e. The second-order valence-corrected chi connectivity index (χ2v) is 5.92. The SMILES string of the molecule is CC1CCCC(C)N1Cc1cc(F)cc(C#CCCO)c1. The van der Waals surface area contributed by atoms with Gasteiger partial charge in [-0.1, -0.05) is 18.3 Å². The summed E-state index contributed by atoms with van der Waals surface area (Å²) in [6.07, 6.45) is 4.12. The van der Waals surface area contributed by atoms with E-state index in [1.54, 1.807) is 6.07 Å². The lowest BCUT2D eigenvalue weighted by molar-refractivity contribution is 0.0951. The lowest BCUT2D eigenvalue weighted by atomic mass is 9.96. The molecule has 2 rings (SSSR count). The molecule has 0 spiro atoms. The molecule has 21 heavy (non-hydrogen) atoms. The molecule has 0 bridgehead atoms. The van der Waals surface area contributed by atoms with E-state index in [0.29, 0.717) is 24.1 Å². The van der Waals surface area contributed by atoms with Gasteiger partial charge in [-0.25, -0.2) is 4.39 Å². The van der Waals surface area contributed by atoms with Crippen molar-refractivity contribution < 1.29 is 9.50 Å². The molecule has 2 atom stereocenters. The maximum atomic E-state index is 13.7. The molecule has 3 heteroatoms. The molecule has 1 aliphatic rings. The Kier molecular flexibility index (Phi) is 5.78. The number of aliphatic hydroxyl groups is 1. The molecule has 0 aromatic heterocycles. The Labute approximate surface area is 127 Å². The van der Waals surface area contributed by atoms with Crippen LogP contribution in [0.5, 0.6) is 0 Å². The van der Waals surface area contributed by atoms with Crippen molar-refractivity contribution in [1.29, 1.82) is 0 Å². The summed E-state index contributed by atoms with van der Waals surface area (Å²) in [6, 6.07) is 6.10. The van der Waals surface area contributed by atoms with Crippen molar-refractivity contribution >= 4 is 0 Å². The van der Waals surface area contributed by atoms with E-state index in [9.17, 15) is 4.39 Å². The average Bonchev–Trinajstić information content (AvgIpc) is 2.43. The molecule has 1 aromatic rings. The number of rotatable bonds is 3. The minimum atomic E-state index is -0.238. The number of likely N-dealkylation sites (tertiary alicyclic amines) is 1. The predicted octanol–water partition coefficient (Wildman–Crippen LogP) is 3.32. The fraction of sp³-hybridized carbons (Fsp3) is 0.556. The van der Waals surface area contributed by atoms with E-state index < -0.39 is 0 Å². The molecule has 114 valence electrons. The smallest absolute Gasteiger partial charge is 0.124 e. The monoisotopic (exact) mass is 289 g/mol. The van der Waals surface area contributed by atoms with E-state index in [-0.39, 0.29) is 12.4 Å². The van der Waals surface area contributed by atoms with Crippen LogP contribution in [0, 0.1) is 17.7 Å². The summed E-state index contributed by atoms with van der Waals surface area (Å²) in [4.78, 5) is 2.45. The van der Waals surface area contributed by atoms with Gasteiger partial charge in [-0.15, -0.1) is 0 Å². The van der Waals surface area contributed by atoms with Crippen LogP contribution in [0.15, 0.2) is 18.2 Å². The summed E-state index contributed by atoms with van der Waals surface area (Å²) >= 11 is 0. The summed E-state index contributed by atoms with van der Waals surface area (Å²) in [5, 5.41) is 8.74. The van der Waals surface area contributed by atoms with Gasteiger partial charge >= 0.3 is 0 Å². The molecule has 0 aliphatic carbocycles. The van der Waals surface area contributed by atoms with E-state index in [2.05, 4.69) is 30.6 Å². The van der Waals surface area contributed by atoms with Crippen molar-refractivity contribution in [3.05, 3.63) is 35.1 Å². The van der Waals surface area contributed by atoms with Gasteiger partial charge in [0.25, 0.3) is 0 Å². The first kappa shape index (κ1) is 16.0. The molecular formula is C18H24FNO. The van der Waals surface area contributed by atoms with Crippen LogP contribution < -0.4 is 0 Å². The standard InChI is InChI=1S/C18H24FNO/c1-14-6-5-7-15(2)20(14)13-17-10-16(8-3-4-9-21)11-18(19)12-17/h10-12,14-15,21H,4-7,9,13H2,1-2H3. The third kappa shape index (κ3) is 4.56. The zero-order valence-electron chi connectivity index (χ0n) is 12.9. The molecule has 0 radical (unpaired) electrons. The first-order valence-electron chi connectivity index (χ1n) is 7.75. The van der Waals surface area contributed by atoms with Crippen LogP contribution in [0.2, 0.25) is 0 Å². The van der Waals surface area contributed by atoms with E-state index in [1.165, 1.54) is 25.3 Å². The molecule has 0 saturated carbocycles. The first-order chi connectivity index (χ1) is 10.1. The number of hydrogen-bond donors (Lipinski definition) is 1. The Balaban J connectivity index is 2.14. The third-order valence-corrected chi connectivity index (χ3v) is 4.17. The Bertz CT molecular complexity index is 522. The Morgan fingerprint density at radius 3 is 2.62 bits per heavy atom. The van der Waals surface area contributed by atoms with Crippen LogP contribution in [0.25, 0.3) is 0 Å². The van der Waals surface area contributed by atoms with Crippen molar-refractivity contribution in [2.75, 3.05) is 6.61 Å². The van der Waals surface area contributed by atoms with Gasteiger partial charge in [0.2, 0.25) is 0 Å². The zero-order valence-corrected chi connectivity index (χ0v) is 12.9. The van der Waals surface area contributed by atoms with Crippen LogP contribution in [0.4, 0.5) is 4.39 Å². The van der Waals surface area contributed by atoms with Gasteiger partial charge < -0.3 is 5.11 Å². The van der Waals surface area contributed by atoms with E-state index in [1.807, 2.05) is 6.07 Å². The maximum Gasteiger partial charge on any atom is 0.124 e. The summed E-state index contributed by atoms with van der Waals surface area (Å²) in [5.41, 5.74) is 1.67. The summed E-state index contributed by atoms with van der Waals surface area (Å²) < 4.78 is 13.7. The third-order valence-electron chi connectivity index (χ3n) is 4.17. The highest BCUT2D eigenvalue weighted by Crippen LogP contribution is 2.25. The topological polar surface area (TPSA) is 23.5 Å². The molecule has 2 unspecified atom stereocenters. The number of halogens is 1.